The molecule has 9 nitrogen and oxygen atoms in total. The average Bonchev–Trinajstić information content (AvgIpc) is 3.31. The molecule has 0 fully saturated rings. The van der Waals surface area contributed by atoms with Crippen molar-refractivity contribution in [2.75, 3.05) is 5.32 Å². The van der Waals surface area contributed by atoms with E-state index < -0.39 is 23.0 Å². The summed E-state index contributed by atoms with van der Waals surface area (Å²) >= 11 is 7.06. The molecule has 0 unspecified atom stereocenters. The van der Waals surface area contributed by atoms with Crippen LogP contribution in [0.4, 0.5) is 9.52 Å². The normalized spacial score (nSPS) is 11.3. The molecule has 160 valence electrons. The van der Waals surface area contributed by atoms with Crippen molar-refractivity contribution in [2.24, 2.45) is 21.1 Å². The summed E-state index contributed by atoms with van der Waals surface area (Å²) in [6, 6.07) is 4.14. The number of aromatic nitrogens is 5. The zero-order chi connectivity index (χ0) is 22.4. The molecule has 3 heterocycles. The van der Waals surface area contributed by atoms with E-state index >= 15 is 0 Å². The number of carbonyl (C=O) groups excluding carboxylic acids is 1. The van der Waals surface area contributed by atoms with Crippen LogP contribution in [0.2, 0.25) is 5.02 Å². The summed E-state index contributed by atoms with van der Waals surface area (Å²) in [7, 11) is 4.47. The van der Waals surface area contributed by atoms with Gasteiger partial charge in [0.25, 0.3) is 5.56 Å². The molecular weight excluding hydrogens is 447 g/mol. The lowest BCUT2D eigenvalue weighted by Gasteiger charge is -2.05. The van der Waals surface area contributed by atoms with Gasteiger partial charge in [0.05, 0.1) is 17.8 Å². The lowest BCUT2D eigenvalue weighted by Crippen LogP contribution is -2.37. The third-order valence-electron chi connectivity index (χ3n) is 4.84. The average molecular weight is 463 g/mol. The molecular formula is C19H16ClFN6O3S. The number of halogens is 2. The van der Waals surface area contributed by atoms with Crippen molar-refractivity contribution in [1.29, 1.82) is 0 Å². The SMILES string of the molecule is Cn1nc2c(c1CC(=O)Nc1nc(-c3cc(Cl)ccc3F)cs1)c(=O)n(C)c(=O)n2C. The molecule has 1 aromatic carbocycles. The molecule has 0 aliphatic rings. The number of carbonyl (C=O) groups is 1. The Labute approximate surface area is 183 Å². The van der Waals surface area contributed by atoms with E-state index in [1.54, 1.807) is 12.4 Å². The minimum atomic E-state index is -0.526. The van der Waals surface area contributed by atoms with Crippen molar-refractivity contribution in [2.45, 2.75) is 6.42 Å². The van der Waals surface area contributed by atoms with Crippen molar-refractivity contribution in [3.8, 4) is 11.3 Å². The summed E-state index contributed by atoms with van der Waals surface area (Å²) in [5.74, 6) is -0.913. The molecule has 0 bridgehead atoms. The first-order valence-corrected chi connectivity index (χ1v) is 10.3. The molecule has 0 saturated heterocycles. The van der Waals surface area contributed by atoms with Gasteiger partial charge in [-0.3, -0.25) is 23.4 Å². The van der Waals surface area contributed by atoms with Gasteiger partial charge in [-0.1, -0.05) is 11.6 Å². The predicted octanol–water partition coefficient (Wildman–Crippen LogP) is 2.07. The number of nitrogens with zero attached hydrogens (tertiary/aromatic N) is 5. The van der Waals surface area contributed by atoms with Crippen LogP contribution in [0.25, 0.3) is 22.3 Å². The predicted molar refractivity (Wildman–Crippen MR) is 116 cm³/mol. The van der Waals surface area contributed by atoms with E-state index in [1.807, 2.05) is 0 Å². The van der Waals surface area contributed by atoms with E-state index in [0.29, 0.717) is 16.4 Å². The van der Waals surface area contributed by atoms with E-state index in [4.69, 9.17) is 11.6 Å². The molecule has 4 rings (SSSR count). The Balaban J connectivity index is 1.62. The lowest BCUT2D eigenvalue weighted by molar-refractivity contribution is -0.115. The van der Waals surface area contributed by atoms with E-state index in [2.05, 4.69) is 15.4 Å². The minimum Gasteiger partial charge on any atom is -0.302 e. The summed E-state index contributed by atoms with van der Waals surface area (Å²) in [6.07, 6.45) is -0.166. The Bertz CT molecular complexity index is 1470. The molecule has 31 heavy (non-hydrogen) atoms. The number of benzene rings is 1. The van der Waals surface area contributed by atoms with Crippen LogP contribution in [0.1, 0.15) is 5.69 Å². The van der Waals surface area contributed by atoms with Crippen LogP contribution < -0.4 is 16.6 Å². The second kappa shape index (κ2) is 7.75. The molecule has 0 radical (unpaired) electrons. The Morgan fingerprint density at radius 1 is 1.23 bits per heavy atom. The van der Waals surface area contributed by atoms with E-state index in [9.17, 15) is 18.8 Å². The number of aryl methyl sites for hydroxylation is 2. The molecule has 0 aliphatic carbocycles. The summed E-state index contributed by atoms with van der Waals surface area (Å²) in [5.41, 5.74) is 0.103. The standard InChI is InChI=1S/C19H16ClFN6O3S/c1-25-16-15(17(29)26(2)19(25)30)13(27(3)24-16)7-14(28)23-18-22-12(8-31-18)10-6-9(20)4-5-11(10)21/h4-6,8H,7H2,1-3H3,(H,22,23,28). The first-order valence-electron chi connectivity index (χ1n) is 8.99. The number of hydrogen-bond acceptors (Lipinski definition) is 6. The van der Waals surface area contributed by atoms with Crippen LogP contribution in [0.15, 0.2) is 33.2 Å². The zero-order valence-electron chi connectivity index (χ0n) is 16.6. The number of anilines is 1. The zero-order valence-corrected chi connectivity index (χ0v) is 18.2. The van der Waals surface area contributed by atoms with Gasteiger partial charge in [-0.2, -0.15) is 5.10 Å². The van der Waals surface area contributed by atoms with E-state index in [1.165, 1.54) is 41.5 Å². The van der Waals surface area contributed by atoms with Crippen LogP contribution in [0, 0.1) is 5.82 Å². The fourth-order valence-electron chi connectivity index (χ4n) is 3.23. The van der Waals surface area contributed by atoms with Gasteiger partial charge in [0.15, 0.2) is 10.8 Å². The highest BCUT2D eigenvalue weighted by Gasteiger charge is 2.21. The number of hydrogen-bond donors (Lipinski definition) is 1. The van der Waals surface area contributed by atoms with Crippen LogP contribution in [-0.4, -0.2) is 29.8 Å². The third-order valence-corrected chi connectivity index (χ3v) is 5.83. The smallest absolute Gasteiger partial charge is 0.302 e. The largest absolute Gasteiger partial charge is 0.332 e. The van der Waals surface area contributed by atoms with Crippen molar-refractivity contribution in [3.05, 3.63) is 61.0 Å². The Morgan fingerprint density at radius 2 is 1.97 bits per heavy atom. The summed E-state index contributed by atoms with van der Waals surface area (Å²) in [5, 5.41) is 9.31. The molecule has 4 aromatic rings. The highest BCUT2D eigenvalue weighted by atomic mass is 35.5. The minimum absolute atomic E-state index is 0.166. The van der Waals surface area contributed by atoms with E-state index in [-0.39, 0.29) is 28.1 Å². The maximum atomic E-state index is 14.1. The Kier molecular flexibility index (Phi) is 5.23. The number of fused-ring (bicyclic) bond motifs is 1. The Morgan fingerprint density at radius 3 is 2.71 bits per heavy atom. The first kappa shape index (κ1) is 20.9. The molecule has 0 atom stereocenters. The number of nitrogens with one attached hydrogen (secondary N) is 1. The quantitative estimate of drug-likeness (QED) is 0.500. The maximum absolute atomic E-state index is 14.1. The van der Waals surface area contributed by atoms with Gasteiger partial charge in [-0.25, -0.2) is 14.2 Å². The van der Waals surface area contributed by atoms with Gasteiger partial charge >= 0.3 is 5.69 Å². The second-order valence-corrected chi connectivity index (χ2v) is 8.16. The van der Waals surface area contributed by atoms with Crippen molar-refractivity contribution in [3.63, 3.8) is 0 Å². The summed E-state index contributed by atoms with van der Waals surface area (Å²) in [6.45, 7) is 0. The fraction of sp³-hybridized carbons (Fsp3) is 0.211. The van der Waals surface area contributed by atoms with Crippen LogP contribution in [0.3, 0.4) is 0 Å². The summed E-state index contributed by atoms with van der Waals surface area (Å²) < 4.78 is 17.7. The molecule has 0 spiro atoms. The van der Waals surface area contributed by atoms with Crippen molar-refractivity contribution >= 4 is 45.0 Å². The highest BCUT2D eigenvalue weighted by molar-refractivity contribution is 7.14. The topological polar surface area (TPSA) is 104 Å². The maximum Gasteiger partial charge on any atom is 0.332 e. The molecule has 3 aromatic heterocycles. The molecule has 1 N–H and O–H groups in total. The lowest BCUT2D eigenvalue weighted by atomic mass is 10.1. The van der Waals surface area contributed by atoms with Gasteiger partial charge in [0, 0.05) is 37.1 Å². The van der Waals surface area contributed by atoms with E-state index in [0.717, 1.165) is 15.9 Å². The second-order valence-electron chi connectivity index (χ2n) is 6.86. The first-order chi connectivity index (χ1) is 14.7. The fourth-order valence-corrected chi connectivity index (χ4v) is 4.13. The van der Waals surface area contributed by atoms with Gasteiger partial charge in [0.2, 0.25) is 5.91 Å². The number of thiazole rings is 1. The molecule has 0 saturated carbocycles. The summed E-state index contributed by atoms with van der Waals surface area (Å²) in [4.78, 5) is 41.6. The monoisotopic (exact) mass is 462 g/mol. The molecule has 1 amide bonds. The van der Waals surface area contributed by atoms with Crippen LogP contribution >= 0.6 is 22.9 Å². The number of amides is 1. The van der Waals surface area contributed by atoms with Crippen molar-refractivity contribution < 1.29 is 9.18 Å². The molecule has 12 heteroatoms. The van der Waals surface area contributed by atoms with Gasteiger partial charge < -0.3 is 5.32 Å². The van der Waals surface area contributed by atoms with Gasteiger partial charge in [-0.05, 0) is 18.2 Å². The van der Waals surface area contributed by atoms with Crippen LogP contribution in [-0.2, 0) is 32.4 Å². The number of rotatable bonds is 4. The third kappa shape index (κ3) is 3.66. The van der Waals surface area contributed by atoms with Gasteiger partial charge in [0.1, 0.15) is 11.2 Å². The van der Waals surface area contributed by atoms with Gasteiger partial charge in [-0.15, -0.1) is 11.3 Å². The highest BCUT2D eigenvalue weighted by Crippen LogP contribution is 2.29. The Hall–Kier alpha value is -3.31. The van der Waals surface area contributed by atoms with Crippen LogP contribution in [0.5, 0.6) is 0 Å². The molecule has 0 aliphatic heterocycles. The van der Waals surface area contributed by atoms with Crippen molar-refractivity contribution in [1.82, 2.24) is 23.9 Å².